The lowest BCUT2D eigenvalue weighted by atomic mass is 10.1. The van der Waals surface area contributed by atoms with Crippen LogP contribution < -0.4 is 5.32 Å². The Bertz CT molecular complexity index is 501. The van der Waals surface area contributed by atoms with E-state index in [0.717, 1.165) is 25.1 Å². The molecule has 0 aromatic carbocycles. The molecular formula is C15H23ClN4O2. The first-order valence-corrected chi connectivity index (χ1v) is 7.91. The van der Waals surface area contributed by atoms with Gasteiger partial charge in [-0.15, -0.1) is 5.10 Å². The highest BCUT2D eigenvalue weighted by atomic mass is 35.5. The molecule has 0 spiro atoms. The Balaban J connectivity index is 1.82. The Morgan fingerprint density at radius 1 is 1.45 bits per heavy atom. The van der Waals surface area contributed by atoms with Crippen LogP contribution in [0.4, 0.5) is 4.79 Å². The van der Waals surface area contributed by atoms with Crippen molar-refractivity contribution < 1.29 is 9.53 Å². The van der Waals surface area contributed by atoms with Gasteiger partial charge in [-0.05, 0) is 45.7 Å². The summed E-state index contributed by atoms with van der Waals surface area (Å²) in [5.74, 6) is 0. The van der Waals surface area contributed by atoms with E-state index in [2.05, 4.69) is 15.5 Å². The quantitative estimate of drug-likeness (QED) is 0.924. The summed E-state index contributed by atoms with van der Waals surface area (Å²) in [7, 11) is 0. The smallest absolute Gasteiger partial charge is 0.410 e. The molecule has 1 aliphatic rings. The van der Waals surface area contributed by atoms with Gasteiger partial charge in [0, 0.05) is 25.7 Å². The zero-order valence-corrected chi connectivity index (χ0v) is 14.1. The molecule has 1 fully saturated rings. The van der Waals surface area contributed by atoms with Crippen molar-refractivity contribution in [1.29, 1.82) is 0 Å². The molecule has 1 aromatic heterocycles. The van der Waals surface area contributed by atoms with E-state index in [1.54, 1.807) is 11.0 Å². The van der Waals surface area contributed by atoms with Crippen molar-refractivity contribution in [3.63, 3.8) is 0 Å². The summed E-state index contributed by atoms with van der Waals surface area (Å²) in [6.07, 6.45) is 1.74. The summed E-state index contributed by atoms with van der Waals surface area (Å²) >= 11 is 5.72. The number of ether oxygens (including phenoxy) is 1. The molecule has 1 amide bonds. The SMILES string of the molecule is CC(C)(C)OC(=O)N1CCC[C@@H](NCc2ccc(Cl)nn2)C1. The molecule has 1 aliphatic heterocycles. The molecule has 22 heavy (non-hydrogen) atoms. The third kappa shape index (κ3) is 5.42. The summed E-state index contributed by atoms with van der Waals surface area (Å²) in [4.78, 5) is 13.9. The van der Waals surface area contributed by atoms with Gasteiger partial charge in [0.2, 0.25) is 0 Å². The molecule has 0 saturated carbocycles. The van der Waals surface area contributed by atoms with E-state index in [-0.39, 0.29) is 12.1 Å². The van der Waals surface area contributed by atoms with Crippen molar-refractivity contribution in [1.82, 2.24) is 20.4 Å². The fraction of sp³-hybridized carbons (Fsp3) is 0.667. The number of nitrogens with one attached hydrogen (secondary N) is 1. The maximum absolute atomic E-state index is 12.1. The number of carbonyl (C=O) groups is 1. The van der Waals surface area contributed by atoms with Crippen molar-refractivity contribution in [2.75, 3.05) is 13.1 Å². The predicted octanol–water partition coefficient (Wildman–Crippen LogP) is 2.62. The van der Waals surface area contributed by atoms with Crippen molar-refractivity contribution in [2.24, 2.45) is 0 Å². The van der Waals surface area contributed by atoms with Gasteiger partial charge in [0.25, 0.3) is 0 Å². The fourth-order valence-corrected chi connectivity index (χ4v) is 2.42. The van der Waals surface area contributed by atoms with Crippen LogP contribution in [0.25, 0.3) is 0 Å². The molecule has 1 aromatic rings. The number of amides is 1. The topological polar surface area (TPSA) is 67.3 Å². The van der Waals surface area contributed by atoms with Gasteiger partial charge in [0.15, 0.2) is 5.15 Å². The average Bonchev–Trinajstić information content (AvgIpc) is 2.45. The van der Waals surface area contributed by atoms with Gasteiger partial charge in [0.1, 0.15) is 5.60 Å². The number of nitrogens with zero attached hydrogens (tertiary/aromatic N) is 3. The molecule has 7 heteroatoms. The maximum atomic E-state index is 12.1. The number of hydrogen-bond acceptors (Lipinski definition) is 5. The Kier molecular flexibility index (Phi) is 5.58. The van der Waals surface area contributed by atoms with Gasteiger partial charge in [-0.3, -0.25) is 0 Å². The molecule has 1 saturated heterocycles. The van der Waals surface area contributed by atoms with Gasteiger partial charge in [0.05, 0.1) is 5.69 Å². The molecule has 0 aliphatic carbocycles. The van der Waals surface area contributed by atoms with Crippen LogP contribution in [0.5, 0.6) is 0 Å². The minimum absolute atomic E-state index is 0.235. The number of rotatable bonds is 3. The van der Waals surface area contributed by atoms with E-state index in [4.69, 9.17) is 16.3 Å². The molecule has 0 unspecified atom stereocenters. The van der Waals surface area contributed by atoms with Gasteiger partial charge < -0.3 is 15.0 Å². The summed E-state index contributed by atoms with van der Waals surface area (Å²) in [6, 6.07) is 3.80. The zero-order valence-electron chi connectivity index (χ0n) is 13.3. The highest BCUT2D eigenvalue weighted by Gasteiger charge is 2.27. The Labute approximate surface area is 136 Å². The summed E-state index contributed by atoms with van der Waals surface area (Å²) in [5, 5.41) is 11.6. The minimum atomic E-state index is -0.462. The van der Waals surface area contributed by atoms with E-state index in [9.17, 15) is 4.79 Å². The second-order valence-corrected chi connectivity index (χ2v) is 6.88. The van der Waals surface area contributed by atoms with Crippen molar-refractivity contribution in [3.8, 4) is 0 Å². The lowest BCUT2D eigenvalue weighted by Crippen LogP contribution is -2.49. The Morgan fingerprint density at radius 3 is 2.86 bits per heavy atom. The number of likely N-dealkylation sites (tertiary alicyclic amines) is 1. The van der Waals surface area contributed by atoms with Gasteiger partial charge >= 0.3 is 6.09 Å². The lowest BCUT2D eigenvalue weighted by molar-refractivity contribution is 0.0187. The van der Waals surface area contributed by atoms with Crippen molar-refractivity contribution in [3.05, 3.63) is 23.0 Å². The molecule has 0 bridgehead atoms. The van der Waals surface area contributed by atoms with Crippen molar-refractivity contribution in [2.45, 2.75) is 51.8 Å². The number of hydrogen-bond donors (Lipinski definition) is 1. The van der Waals surface area contributed by atoms with E-state index in [0.29, 0.717) is 18.2 Å². The van der Waals surface area contributed by atoms with E-state index < -0.39 is 5.60 Å². The van der Waals surface area contributed by atoms with E-state index in [1.807, 2.05) is 26.8 Å². The summed E-state index contributed by atoms with van der Waals surface area (Å²) in [5.41, 5.74) is 0.370. The third-order valence-corrected chi connectivity index (χ3v) is 3.53. The van der Waals surface area contributed by atoms with Crippen LogP contribution in [-0.4, -0.2) is 45.9 Å². The third-order valence-electron chi connectivity index (χ3n) is 3.33. The van der Waals surface area contributed by atoms with Crippen LogP contribution in [0, 0.1) is 0 Å². The first-order valence-electron chi connectivity index (χ1n) is 7.53. The first-order chi connectivity index (χ1) is 10.3. The predicted molar refractivity (Wildman–Crippen MR) is 84.7 cm³/mol. The first kappa shape index (κ1) is 17.0. The van der Waals surface area contributed by atoms with Crippen LogP contribution in [0.2, 0.25) is 5.15 Å². The monoisotopic (exact) mass is 326 g/mol. The number of halogens is 1. The van der Waals surface area contributed by atoms with Crippen LogP contribution in [0.15, 0.2) is 12.1 Å². The molecular weight excluding hydrogens is 304 g/mol. The number of piperidine rings is 1. The molecule has 0 radical (unpaired) electrons. The fourth-order valence-electron chi connectivity index (χ4n) is 2.32. The summed E-state index contributed by atoms with van der Waals surface area (Å²) < 4.78 is 5.42. The van der Waals surface area contributed by atoms with E-state index >= 15 is 0 Å². The molecule has 1 atom stereocenters. The van der Waals surface area contributed by atoms with Crippen molar-refractivity contribution >= 4 is 17.7 Å². The van der Waals surface area contributed by atoms with E-state index in [1.165, 1.54) is 0 Å². The molecule has 1 N–H and O–H groups in total. The number of aromatic nitrogens is 2. The number of carbonyl (C=O) groups excluding carboxylic acids is 1. The van der Waals surface area contributed by atoms with Crippen LogP contribution in [0.1, 0.15) is 39.3 Å². The maximum Gasteiger partial charge on any atom is 0.410 e. The molecule has 2 heterocycles. The van der Waals surface area contributed by atoms with Gasteiger partial charge in [-0.25, -0.2) is 4.79 Å². The van der Waals surface area contributed by atoms with Crippen LogP contribution in [-0.2, 0) is 11.3 Å². The highest BCUT2D eigenvalue weighted by molar-refractivity contribution is 6.29. The molecule has 2 rings (SSSR count). The van der Waals surface area contributed by atoms with Crippen LogP contribution >= 0.6 is 11.6 Å². The zero-order chi connectivity index (χ0) is 16.2. The average molecular weight is 327 g/mol. The highest BCUT2D eigenvalue weighted by Crippen LogP contribution is 2.15. The largest absolute Gasteiger partial charge is 0.444 e. The minimum Gasteiger partial charge on any atom is -0.444 e. The van der Waals surface area contributed by atoms with Gasteiger partial charge in [-0.2, -0.15) is 5.10 Å². The lowest BCUT2D eigenvalue weighted by Gasteiger charge is -2.34. The Hall–Kier alpha value is -1.40. The summed E-state index contributed by atoms with van der Waals surface area (Å²) in [6.45, 7) is 7.64. The molecule has 122 valence electrons. The normalized spacial score (nSPS) is 19.1. The Morgan fingerprint density at radius 2 is 2.23 bits per heavy atom. The van der Waals surface area contributed by atoms with Gasteiger partial charge in [-0.1, -0.05) is 11.6 Å². The second kappa shape index (κ2) is 7.24. The standard InChI is InChI=1S/C15H23ClN4O2/c1-15(2,3)22-14(21)20-8-4-5-12(10-20)17-9-11-6-7-13(16)19-18-11/h6-7,12,17H,4-5,8-10H2,1-3H3/t12-/m1/s1. The van der Waals surface area contributed by atoms with Crippen LogP contribution in [0.3, 0.4) is 0 Å². The second-order valence-electron chi connectivity index (χ2n) is 6.49. The molecule has 6 nitrogen and oxygen atoms in total.